The Hall–Kier alpha value is -2.00. The second-order valence-electron chi connectivity index (χ2n) is 7.92. The fraction of sp³-hybridized carbons (Fsp3) is 0.600. The van der Waals surface area contributed by atoms with Crippen LogP contribution in [0.25, 0.3) is 11.0 Å². The van der Waals surface area contributed by atoms with Gasteiger partial charge in [0.1, 0.15) is 6.29 Å². The van der Waals surface area contributed by atoms with Crippen LogP contribution in [0.1, 0.15) is 19.3 Å². The molecule has 0 bridgehead atoms. The summed E-state index contributed by atoms with van der Waals surface area (Å²) in [7, 11) is 0. The monoisotopic (exact) mass is 384 g/mol. The van der Waals surface area contributed by atoms with Crippen LogP contribution in [-0.2, 0) is 16.1 Å². The number of nitrogens with one attached hydrogen (secondary N) is 2. The van der Waals surface area contributed by atoms with Crippen LogP contribution in [0.3, 0.4) is 0 Å². The molecular formula is C20H28N6O2. The number of ether oxygens (including phenoxy) is 1. The third-order valence-corrected chi connectivity index (χ3v) is 6.20. The van der Waals surface area contributed by atoms with Gasteiger partial charge in [0.05, 0.1) is 43.2 Å². The largest absolute Gasteiger partial charge is 0.379 e. The van der Waals surface area contributed by atoms with Crippen molar-refractivity contribution in [1.82, 2.24) is 30.0 Å². The van der Waals surface area contributed by atoms with Gasteiger partial charge in [-0.3, -0.25) is 19.9 Å². The van der Waals surface area contributed by atoms with Crippen molar-refractivity contribution in [2.45, 2.75) is 44.3 Å². The molecule has 1 aromatic heterocycles. The van der Waals surface area contributed by atoms with Crippen LogP contribution < -0.4 is 10.6 Å². The minimum Gasteiger partial charge on any atom is -0.379 e. The molecule has 0 aliphatic carbocycles. The first-order chi connectivity index (χ1) is 13.8. The molecule has 1 aromatic carbocycles. The molecule has 2 N–H and O–H groups in total. The molecule has 5 rings (SSSR count). The number of carbonyl (C=O) groups is 1. The minimum absolute atomic E-state index is 0.0815. The van der Waals surface area contributed by atoms with Crippen LogP contribution in [0.4, 0.5) is 0 Å². The minimum atomic E-state index is -0.114. The van der Waals surface area contributed by atoms with Gasteiger partial charge in [-0.1, -0.05) is 12.1 Å². The van der Waals surface area contributed by atoms with Gasteiger partial charge in [0.25, 0.3) is 0 Å². The highest BCUT2D eigenvalue weighted by atomic mass is 16.5. The number of rotatable bonds is 4. The first-order valence-electron chi connectivity index (χ1n) is 10.3. The van der Waals surface area contributed by atoms with Gasteiger partial charge < -0.3 is 14.6 Å². The highest BCUT2D eigenvalue weighted by molar-refractivity contribution is 5.77. The summed E-state index contributed by atoms with van der Waals surface area (Å²) < 4.78 is 7.70. The summed E-state index contributed by atoms with van der Waals surface area (Å²) in [5, 5.41) is 6.85. The Kier molecular flexibility index (Phi) is 5.02. The van der Waals surface area contributed by atoms with E-state index in [1.54, 1.807) is 0 Å². The van der Waals surface area contributed by atoms with Crippen molar-refractivity contribution in [1.29, 1.82) is 0 Å². The van der Waals surface area contributed by atoms with Crippen LogP contribution in [0.5, 0.6) is 0 Å². The Morgan fingerprint density at radius 3 is 2.93 bits per heavy atom. The SMILES string of the molecule is O=C1CC(N2CCOCC2)NC(N2CCCC2Cn2cnc3ccccc32)N1. The van der Waals surface area contributed by atoms with Crippen molar-refractivity contribution < 1.29 is 9.53 Å². The van der Waals surface area contributed by atoms with E-state index in [0.717, 1.165) is 57.8 Å². The lowest BCUT2D eigenvalue weighted by Gasteiger charge is -2.44. The van der Waals surface area contributed by atoms with Gasteiger partial charge in [0.2, 0.25) is 5.91 Å². The lowest BCUT2D eigenvalue weighted by atomic mass is 10.2. The molecule has 2 aromatic rings. The van der Waals surface area contributed by atoms with E-state index in [0.29, 0.717) is 12.5 Å². The molecule has 1 amide bonds. The summed E-state index contributed by atoms with van der Waals surface area (Å²) >= 11 is 0. The topological polar surface area (TPSA) is 74.7 Å². The molecule has 8 nitrogen and oxygen atoms in total. The molecule has 150 valence electrons. The number of hydrogen-bond acceptors (Lipinski definition) is 6. The third kappa shape index (κ3) is 3.53. The fourth-order valence-electron chi connectivity index (χ4n) is 4.75. The van der Waals surface area contributed by atoms with Gasteiger partial charge in [-0.15, -0.1) is 0 Å². The van der Waals surface area contributed by atoms with E-state index in [1.165, 1.54) is 5.52 Å². The third-order valence-electron chi connectivity index (χ3n) is 6.20. The zero-order chi connectivity index (χ0) is 18.9. The van der Waals surface area contributed by atoms with E-state index < -0.39 is 0 Å². The van der Waals surface area contributed by atoms with Crippen LogP contribution in [0.15, 0.2) is 30.6 Å². The molecule has 3 unspecified atom stereocenters. The van der Waals surface area contributed by atoms with Gasteiger partial charge in [-0.25, -0.2) is 4.98 Å². The number of fused-ring (bicyclic) bond motifs is 1. The number of hydrogen-bond donors (Lipinski definition) is 2. The second-order valence-corrected chi connectivity index (χ2v) is 7.92. The van der Waals surface area contributed by atoms with Crippen molar-refractivity contribution in [3.05, 3.63) is 30.6 Å². The number of aromatic nitrogens is 2. The number of morpholine rings is 1. The Labute approximate surface area is 164 Å². The van der Waals surface area contributed by atoms with E-state index in [-0.39, 0.29) is 18.4 Å². The van der Waals surface area contributed by atoms with E-state index in [2.05, 4.69) is 42.1 Å². The van der Waals surface area contributed by atoms with Crippen molar-refractivity contribution in [3.63, 3.8) is 0 Å². The quantitative estimate of drug-likeness (QED) is 0.802. The van der Waals surface area contributed by atoms with Gasteiger partial charge in [-0.05, 0) is 25.0 Å². The molecule has 4 heterocycles. The number of nitrogens with zero attached hydrogens (tertiary/aromatic N) is 4. The van der Waals surface area contributed by atoms with Crippen molar-refractivity contribution >= 4 is 16.9 Å². The van der Waals surface area contributed by atoms with E-state index in [1.807, 2.05) is 18.5 Å². The predicted molar refractivity (Wildman–Crippen MR) is 105 cm³/mol. The molecule has 0 saturated carbocycles. The number of carbonyl (C=O) groups excluding carboxylic acids is 1. The molecule has 3 saturated heterocycles. The van der Waals surface area contributed by atoms with Crippen LogP contribution >= 0.6 is 0 Å². The van der Waals surface area contributed by atoms with E-state index >= 15 is 0 Å². The Bertz CT molecular complexity index is 833. The van der Waals surface area contributed by atoms with E-state index in [4.69, 9.17) is 4.74 Å². The summed E-state index contributed by atoms with van der Waals surface area (Å²) in [5.41, 5.74) is 2.20. The maximum absolute atomic E-state index is 12.4. The summed E-state index contributed by atoms with van der Waals surface area (Å²) in [6.07, 6.45) is 4.68. The van der Waals surface area contributed by atoms with Crippen molar-refractivity contribution in [3.8, 4) is 0 Å². The molecule has 0 spiro atoms. The zero-order valence-electron chi connectivity index (χ0n) is 16.1. The van der Waals surface area contributed by atoms with Crippen LogP contribution in [0.2, 0.25) is 0 Å². The summed E-state index contributed by atoms with van der Waals surface area (Å²) in [5.74, 6) is 0.124. The number of benzene rings is 1. The number of likely N-dealkylation sites (tertiary alicyclic amines) is 1. The Morgan fingerprint density at radius 1 is 1.18 bits per heavy atom. The smallest absolute Gasteiger partial charge is 0.225 e. The van der Waals surface area contributed by atoms with Gasteiger partial charge in [0, 0.05) is 32.2 Å². The van der Waals surface area contributed by atoms with Crippen LogP contribution in [-0.4, -0.2) is 76.6 Å². The molecular weight excluding hydrogens is 356 g/mol. The second kappa shape index (κ2) is 7.79. The average Bonchev–Trinajstić information content (AvgIpc) is 3.36. The lowest BCUT2D eigenvalue weighted by Crippen LogP contribution is -2.68. The molecule has 3 fully saturated rings. The number of amides is 1. The highest BCUT2D eigenvalue weighted by Gasteiger charge is 2.38. The predicted octanol–water partition coefficient (Wildman–Crippen LogP) is 0.552. The van der Waals surface area contributed by atoms with Crippen molar-refractivity contribution in [2.24, 2.45) is 0 Å². The molecule has 3 aliphatic rings. The molecule has 3 aliphatic heterocycles. The standard InChI is InChI=1S/C20H28N6O2/c27-19-12-18(24-8-10-28-11-9-24)22-20(23-19)26-7-3-4-15(26)13-25-14-21-16-5-1-2-6-17(16)25/h1-2,5-6,14-15,18,20,22H,3-4,7-13H2,(H,23,27). The van der Waals surface area contributed by atoms with Gasteiger partial charge >= 0.3 is 0 Å². The molecule has 0 radical (unpaired) electrons. The van der Waals surface area contributed by atoms with Gasteiger partial charge in [-0.2, -0.15) is 0 Å². The van der Waals surface area contributed by atoms with Gasteiger partial charge in [0.15, 0.2) is 0 Å². The fourth-order valence-corrected chi connectivity index (χ4v) is 4.75. The number of imidazole rings is 1. The normalized spacial score (nSPS) is 30.0. The van der Waals surface area contributed by atoms with Crippen LogP contribution in [0, 0.1) is 0 Å². The zero-order valence-corrected chi connectivity index (χ0v) is 16.1. The summed E-state index contributed by atoms with van der Waals surface area (Å²) in [4.78, 5) is 21.7. The summed E-state index contributed by atoms with van der Waals surface area (Å²) in [6.45, 7) is 5.11. The Balaban J connectivity index is 1.30. The maximum atomic E-state index is 12.4. The van der Waals surface area contributed by atoms with E-state index in [9.17, 15) is 4.79 Å². The Morgan fingerprint density at radius 2 is 2.04 bits per heavy atom. The first kappa shape index (κ1) is 18.1. The van der Waals surface area contributed by atoms with Crippen molar-refractivity contribution in [2.75, 3.05) is 32.8 Å². The average molecular weight is 384 g/mol. The molecule has 8 heteroatoms. The maximum Gasteiger partial charge on any atom is 0.225 e. The molecule has 28 heavy (non-hydrogen) atoms. The summed E-state index contributed by atoms with van der Waals surface area (Å²) in [6, 6.07) is 8.63. The first-order valence-corrected chi connectivity index (χ1v) is 10.3. The molecule has 3 atom stereocenters. The highest BCUT2D eigenvalue weighted by Crippen LogP contribution is 2.24. The lowest BCUT2D eigenvalue weighted by molar-refractivity contribution is -0.131. The number of para-hydroxylation sites is 2.